The van der Waals surface area contributed by atoms with Gasteiger partial charge < -0.3 is 5.32 Å². The van der Waals surface area contributed by atoms with Crippen LogP contribution >= 0.6 is 0 Å². The third-order valence-corrected chi connectivity index (χ3v) is 4.61. The Balaban J connectivity index is 1.96. The number of rotatable bonds is 7. The van der Waals surface area contributed by atoms with Gasteiger partial charge in [-0.25, -0.2) is 17.2 Å². The van der Waals surface area contributed by atoms with Gasteiger partial charge in [0, 0.05) is 24.8 Å². The standard InChI is InChI=1S/C16H17F2N3O3S/c1-25(23,24)21(11-13-4-2-3-7-19-13)9-8-20-16(22)12-5-6-14(17)15(18)10-12/h2-7,10H,8-9,11H2,1H3,(H,20,22). The van der Waals surface area contributed by atoms with Crippen LogP contribution in [0.5, 0.6) is 0 Å². The van der Waals surface area contributed by atoms with E-state index in [4.69, 9.17) is 0 Å². The fourth-order valence-corrected chi connectivity index (χ4v) is 2.86. The molecule has 1 amide bonds. The van der Waals surface area contributed by atoms with E-state index in [9.17, 15) is 22.0 Å². The first-order valence-electron chi connectivity index (χ1n) is 7.35. The van der Waals surface area contributed by atoms with Crippen molar-refractivity contribution in [2.24, 2.45) is 0 Å². The normalized spacial score (nSPS) is 11.5. The summed E-state index contributed by atoms with van der Waals surface area (Å²) in [5, 5.41) is 2.48. The number of nitrogens with zero attached hydrogens (tertiary/aromatic N) is 2. The van der Waals surface area contributed by atoms with Crippen molar-refractivity contribution >= 4 is 15.9 Å². The lowest BCUT2D eigenvalue weighted by atomic mass is 10.2. The molecule has 1 heterocycles. The second-order valence-corrected chi connectivity index (χ2v) is 7.28. The van der Waals surface area contributed by atoms with E-state index in [-0.39, 0.29) is 25.2 Å². The third-order valence-electron chi connectivity index (χ3n) is 3.36. The highest BCUT2D eigenvalue weighted by Gasteiger charge is 2.18. The number of carbonyl (C=O) groups excluding carboxylic acids is 1. The van der Waals surface area contributed by atoms with Crippen molar-refractivity contribution in [2.45, 2.75) is 6.54 Å². The maximum Gasteiger partial charge on any atom is 0.251 e. The average molecular weight is 369 g/mol. The Morgan fingerprint density at radius 3 is 2.56 bits per heavy atom. The van der Waals surface area contributed by atoms with Crippen LogP contribution in [0, 0.1) is 11.6 Å². The number of aromatic nitrogens is 1. The lowest BCUT2D eigenvalue weighted by molar-refractivity contribution is 0.0951. The molecule has 0 aliphatic carbocycles. The summed E-state index contributed by atoms with van der Waals surface area (Å²) in [6.07, 6.45) is 2.62. The minimum absolute atomic E-state index is 0.0116. The summed E-state index contributed by atoms with van der Waals surface area (Å²) in [6, 6.07) is 7.94. The van der Waals surface area contributed by atoms with Gasteiger partial charge in [-0.15, -0.1) is 0 Å². The molecule has 0 bridgehead atoms. The van der Waals surface area contributed by atoms with Crippen LogP contribution < -0.4 is 5.32 Å². The molecule has 0 aliphatic heterocycles. The van der Waals surface area contributed by atoms with Crippen molar-refractivity contribution < 1.29 is 22.0 Å². The highest BCUT2D eigenvalue weighted by atomic mass is 32.2. The highest BCUT2D eigenvalue weighted by molar-refractivity contribution is 7.88. The molecular formula is C16H17F2N3O3S. The van der Waals surface area contributed by atoms with Crippen LogP contribution in [-0.2, 0) is 16.6 Å². The Bertz CT molecular complexity index is 845. The number of hydrogen-bond acceptors (Lipinski definition) is 4. The molecule has 6 nitrogen and oxygen atoms in total. The summed E-state index contributed by atoms with van der Waals surface area (Å²) < 4.78 is 50.9. The van der Waals surface area contributed by atoms with Crippen molar-refractivity contribution in [1.82, 2.24) is 14.6 Å². The second-order valence-electron chi connectivity index (χ2n) is 5.30. The Morgan fingerprint density at radius 2 is 1.96 bits per heavy atom. The largest absolute Gasteiger partial charge is 0.351 e. The number of nitrogens with one attached hydrogen (secondary N) is 1. The van der Waals surface area contributed by atoms with Crippen LogP contribution in [0.15, 0.2) is 42.6 Å². The van der Waals surface area contributed by atoms with Crippen LogP contribution in [0.25, 0.3) is 0 Å². The number of benzene rings is 1. The van der Waals surface area contributed by atoms with E-state index in [0.717, 1.165) is 24.5 Å². The molecule has 9 heteroatoms. The predicted octanol–water partition coefficient (Wildman–Crippen LogP) is 1.55. The average Bonchev–Trinajstić information content (AvgIpc) is 2.56. The molecule has 2 aromatic rings. The SMILES string of the molecule is CS(=O)(=O)N(CCNC(=O)c1ccc(F)c(F)c1)Cc1ccccn1. The summed E-state index contributed by atoms with van der Waals surface area (Å²) in [5.74, 6) is -2.79. The maximum atomic E-state index is 13.1. The van der Waals surface area contributed by atoms with Crippen molar-refractivity contribution in [3.8, 4) is 0 Å². The number of sulfonamides is 1. The van der Waals surface area contributed by atoms with Gasteiger partial charge in [-0.1, -0.05) is 6.07 Å². The van der Waals surface area contributed by atoms with Gasteiger partial charge in [-0.2, -0.15) is 4.31 Å². The van der Waals surface area contributed by atoms with Gasteiger partial charge in [0.1, 0.15) is 0 Å². The van der Waals surface area contributed by atoms with E-state index in [1.165, 1.54) is 4.31 Å². The number of carbonyl (C=O) groups is 1. The van der Waals surface area contributed by atoms with Gasteiger partial charge in [0.25, 0.3) is 5.91 Å². The molecule has 0 aliphatic rings. The molecule has 1 N–H and O–H groups in total. The molecule has 0 saturated heterocycles. The zero-order chi connectivity index (χ0) is 18.4. The van der Waals surface area contributed by atoms with E-state index in [2.05, 4.69) is 10.3 Å². The summed E-state index contributed by atoms with van der Waals surface area (Å²) >= 11 is 0. The predicted molar refractivity (Wildman–Crippen MR) is 88.2 cm³/mol. The minimum Gasteiger partial charge on any atom is -0.351 e. The van der Waals surface area contributed by atoms with Crippen LogP contribution in [0.2, 0.25) is 0 Å². The molecule has 2 rings (SSSR count). The van der Waals surface area contributed by atoms with Gasteiger partial charge >= 0.3 is 0 Å². The molecule has 25 heavy (non-hydrogen) atoms. The van der Waals surface area contributed by atoms with Gasteiger partial charge in [0.2, 0.25) is 10.0 Å². The van der Waals surface area contributed by atoms with Crippen molar-refractivity contribution in [1.29, 1.82) is 0 Å². The number of halogens is 2. The number of hydrogen-bond donors (Lipinski definition) is 1. The maximum absolute atomic E-state index is 13.1. The second kappa shape index (κ2) is 8.13. The van der Waals surface area contributed by atoms with E-state index < -0.39 is 27.6 Å². The number of amides is 1. The Hall–Kier alpha value is -2.39. The molecular weight excluding hydrogens is 352 g/mol. The highest BCUT2D eigenvalue weighted by Crippen LogP contribution is 2.09. The Morgan fingerprint density at radius 1 is 1.20 bits per heavy atom. The third kappa shape index (κ3) is 5.57. The summed E-state index contributed by atoms with van der Waals surface area (Å²) in [6.45, 7) is 0.100. The zero-order valence-corrected chi connectivity index (χ0v) is 14.3. The molecule has 0 unspecified atom stereocenters. The molecule has 134 valence electrons. The molecule has 1 aromatic heterocycles. The van der Waals surface area contributed by atoms with Crippen LogP contribution in [0.3, 0.4) is 0 Å². The van der Waals surface area contributed by atoms with Gasteiger partial charge in [-0.3, -0.25) is 9.78 Å². The Kier molecular flexibility index (Phi) is 6.16. The van der Waals surface area contributed by atoms with E-state index >= 15 is 0 Å². The molecule has 0 saturated carbocycles. The monoisotopic (exact) mass is 369 g/mol. The van der Waals surface area contributed by atoms with E-state index in [1.807, 2.05) is 0 Å². The molecule has 0 spiro atoms. The fourth-order valence-electron chi connectivity index (χ4n) is 2.07. The van der Waals surface area contributed by atoms with E-state index in [1.54, 1.807) is 24.4 Å². The van der Waals surface area contributed by atoms with Crippen LogP contribution in [-0.4, -0.2) is 43.0 Å². The van der Waals surface area contributed by atoms with Crippen molar-refractivity contribution in [3.05, 3.63) is 65.5 Å². The lowest BCUT2D eigenvalue weighted by Gasteiger charge is -2.19. The first-order chi connectivity index (χ1) is 11.8. The topological polar surface area (TPSA) is 79.4 Å². The molecule has 0 radical (unpaired) electrons. The summed E-state index contributed by atoms with van der Waals surface area (Å²) in [7, 11) is -3.51. The zero-order valence-electron chi connectivity index (χ0n) is 13.4. The van der Waals surface area contributed by atoms with Crippen molar-refractivity contribution in [2.75, 3.05) is 19.3 Å². The lowest BCUT2D eigenvalue weighted by Crippen LogP contribution is -2.37. The fraction of sp³-hybridized carbons (Fsp3) is 0.250. The summed E-state index contributed by atoms with van der Waals surface area (Å²) in [5.41, 5.74) is 0.523. The first-order valence-corrected chi connectivity index (χ1v) is 9.20. The molecule has 0 fully saturated rings. The van der Waals surface area contributed by atoms with Crippen LogP contribution in [0.1, 0.15) is 16.1 Å². The first kappa shape index (κ1) is 18.9. The van der Waals surface area contributed by atoms with Gasteiger partial charge in [0.05, 0.1) is 18.5 Å². The smallest absolute Gasteiger partial charge is 0.251 e. The van der Waals surface area contributed by atoms with Crippen LogP contribution in [0.4, 0.5) is 8.78 Å². The number of pyridine rings is 1. The Labute approximate surface area is 144 Å². The molecule has 0 atom stereocenters. The summed E-state index contributed by atoms with van der Waals surface area (Å²) in [4.78, 5) is 16.0. The van der Waals surface area contributed by atoms with E-state index in [0.29, 0.717) is 5.69 Å². The minimum atomic E-state index is -3.51. The van der Waals surface area contributed by atoms with Gasteiger partial charge in [-0.05, 0) is 30.3 Å². The van der Waals surface area contributed by atoms with Crippen molar-refractivity contribution in [3.63, 3.8) is 0 Å². The quantitative estimate of drug-likeness (QED) is 0.803. The van der Waals surface area contributed by atoms with Gasteiger partial charge in [0.15, 0.2) is 11.6 Å². The molecule has 1 aromatic carbocycles.